The second-order valence-corrected chi connectivity index (χ2v) is 16.2. The molecule has 0 amide bonds. The number of aromatic amines is 4. The van der Waals surface area contributed by atoms with E-state index in [0.717, 1.165) is 39.1 Å². The van der Waals surface area contributed by atoms with Crippen molar-refractivity contribution in [2.75, 3.05) is 19.1 Å². The van der Waals surface area contributed by atoms with Gasteiger partial charge >= 0.3 is 19.1 Å². The third-order valence-electron chi connectivity index (χ3n) is 10.9. The molecule has 1 aliphatic rings. The Morgan fingerprint density at radius 1 is 0.652 bits per heavy atom. The summed E-state index contributed by atoms with van der Waals surface area (Å²) >= 11 is 0. The van der Waals surface area contributed by atoms with Crippen LogP contribution in [0, 0.1) is 41.5 Å². The third kappa shape index (κ3) is 10.7. The molecule has 0 saturated carbocycles. The molecule has 350 valence electrons. The van der Waals surface area contributed by atoms with E-state index in [2.05, 4.69) is 35.2 Å². The third-order valence-corrected chi connectivity index (χ3v) is 10.9. The van der Waals surface area contributed by atoms with Crippen molar-refractivity contribution >= 4 is 41.2 Å². The number of fused-ring (bicyclic) bond motifs is 3. The van der Waals surface area contributed by atoms with Crippen molar-refractivity contribution in [3.8, 4) is 0 Å². The van der Waals surface area contributed by atoms with Gasteiger partial charge in [-0.05, 0) is 141 Å². The molecule has 1 fully saturated rings. The number of nitrogens with one attached hydrogen (secondary N) is 4. The number of nitrogen functional groups attached to an aromatic ring is 1. The summed E-state index contributed by atoms with van der Waals surface area (Å²) in [6.07, 6.45) is 9.28. The topological polar surface area (TPSA) is 268 Å². The van der Waals surface area contributed by atoms with Crippen LogP contribution in [0.5, 0.6) is 0 Å². The number of carbonyl (C=O) groups is 2. The first-order valence-corrected chi connectivity index (χ1v) is 21.0. The van der Waals surface area contributed by atoms with E-state index in [1.165, 1.54) is 23.7 Å². The molecule has 0 bridgehead atoms. The number of H-pyrrole nitrogens is 4. The smallest absolute Gasteiger partial charge is 0.461 e. The van der Waals surface area contributed by atoms with Gasteiger partial charge in [0.1, 0.15) is 46.9 Å². The van der Waals surface area contributed by atoms with Gasteiger partial charge in [0.2, 0.25) is 0 Å². The maximum Gasteiger partial charge on any atom is 0.514 e. The Morgan fingerprint density at radius 3 is 1.68 bits per heavy atom. The van der Waals surface area contributed by atoms with Crippen LogP contribution in [0.4, 0.5) is 0 Å². The number of nitrogens with two attached hydrogens (primary N) is 1. The molecule has 1 saturated heterocycles. The number of esters is 2. The summed E-state index contributed by atoms with van der Waals surface area (Å²) in [7, 11) is -0.532. The lowest BCUT2D eigenvalue weighted by molar-refractivity contribution is 0.00578. The van der Waals surface area contributed by atoms with E-state index in [1.54, 1.807) is 52.1 Å². The number of carbonyl (C=O) groups excluding carboxylic acids is 2. The van der Waals surface area contributed by atoms with Crippen molar-refractivity contribution in [1.29, 1.82) is 0 Å². The van der Waals surface area contributed by atoms with Crippen LogP contribution < -0.4 is 28.1 Å². The molecular formula is C44H57BN12O9. The predicted molar refractivity (Wildman–Crippen MR) is 249 cm³/mol. The molecule has 0 radical (unpaired) electrons. The molecular weight excluding hydrogens is 851 g/mol. The normalized spacial score (nSPS) is 13.4. The van der Waals surface area contributed by atoms with Gasteiger partial charge in [0.25, 0.3) is 16.7 Å². The van der Waals surface area contributed by atoms with Gasteiger partial charge in [-0.3, -0.25) is 19.1 Å². The van der Waals surface area contributed by atoms with Gasteiger partial charge in [0.15, 0.2) is 0 Å². The fourth-order valence-electron chi connectivity index (χ4n) is 6.82. The van der Waals surface area contributed by atoms with Gasteiger partial charge in [-0.1, -0.05) is 0 Å². The Bertz CT molecular complexity index is 3110. The number of aryl methyl sites for hydroxylation is 6. The first-order valence-electron chi connectivity index (χ1n) is 21.0. The molecule has 8 aromatic heterocycles. The summed E-state index contributed by atoms with van der Waals surface area (Å²) in [6.45, 7) is 23.6. The minimum atomic E-state index is -0.532. The van der Waals surface area contributed by atoms with Gasteiger partial charge in [0.05, 0.1) is 30.0 Å². The minimum Gasteiger partial charge on any atom is -0.461 e. The predicted octanol–water partition coefficient (Wildman–Crippen LogP) is 3.79. The molecule has 0 spiro atoms. The average molecular weight is 909 g/mol. The van der Waals surface area contributed by atoms with Crippen LogP contribution in [0.1, 0.15) is 96.0 Å². The van der Waals surface area contributed by atoms with E-state index in [0.29, 0.717) is 41.2 Å². The molecule has 22 heteroatoms. The summed E-state index contributed by atoms with van der Waals surface area (Å²) in [4.78, 5) is 67.1. The summed E-state index contributed by atoms with van der Waals surface area (Å²) < 4.78 is 27.7. The van der Waals surface area contributed by atoms with E-state index in [4.69, 9.17) is 24.6 Å². The molecule has 9 heterocycles. The fourth-order valence-corrected chi connectivity index (χ4v) is 6.82. The molecule has 6 N–H and O–H groups in total. The highest BCUT2D eigenvalue weighted by Crippen LogP contribution is 2.36. The van der Waals surface area contributed by atoms with Crippen LogP contribution in [0.2, 0.25) is 0 Å². The van der Waals surface area contributed by atoms with Crippen LogP contribution in [0.15, 0.2) is 82.3 Å². The van der Waals surface area contributed by atoms with Gasteiger partial charge in [-0.2, -0.15) is 15.3 Å². The molecule has 0 atom stereocenters. The minimum absolute atomic E-state index is 0.0874. The molecule has 0 unspecified atom stereocenters. The Kier molecular flexibility index (Phi) is 15.5. The van der Waals surface area contributed by atoms with Crippen LogP contribution in [0.25, 0.3) is 16.6 Å². The molecule has 8 aromatic rings. The Labute approximate surface area is 379 Å². The van der Waals surface area contributed by atoms with Crippen molar-refractivity contribution in [1.82, 2.24) is 53.5 Å². The van der Waals surface area contributed by atoms with Gasteiger partial charge < -0.3 is 44.6 Å². The van der Waals surface area contributed by atoms with Crippen LogP contribution >= 0.6 is 0 Å². The highest BCUT2D eigenvalue weighted by molar-refractivity contribution is 6.61. The van der Waals surface area contributed by atoms with E-state index >= 15 is 0 Å². The highest BCUT2D eigenvalue weighted by atomic mass is 16.7. The van der Waals surface area contributed by atoms with Crippen molar-refractivity contribution in [3.63, 3.8) is 0 Å². The molecule has 1 aliphatic heterocycles. The quantitative estimate of drug-likeness (QED) is 0.0936. The van der Waals surface area contributed by atoms with Crippen LogP contribution in [-0.2, 0) is 18.8 Å². The number of ether oxygens (including phenoxy) is 2. The lowest BCUT2D eigenvalue weighted by Crippen LogP contribution is -2.41. The zero-order valence-corrected chi connectivity index (χ0v) is 39.2. The van der Waals surface area contributed by atoms with Gasteiger partial charge in [-0.25, -0.2) is 23.1 Å². The van der Waals surface area contributed by atoms with Crippen LogP contribution in [0.3, 0.4) is 0 Å². The van der Waals surface area contributed by atoms with E-state index in [9.17, 15) is 24.0 Å². The SMILES string of the molecule is CCOC(=O)c1[nH]ccc1C.CCOC(=O)c1c(C)ccn1N.Cc1cc(B2OC(C)(C)C(C)(C)O2)n2nc[nH]c(=O)c12.Cc1cc(C)n2nc[nH]c(=O)c12.Cc1ccn2nc[nH]c(=O)c12. The molecule has 21 nitrogen and oxygen atoms in total. The lowest BCUT2D eigenvalue weighted by atomic mass is 9.85. The van der Waals surface area contributed by atoms with E-state index in [1.807, 2.05) is 93.5 Å². The molecule has 9 rings (SSSR count). The largest absolute Gasteiger partial charge is 0.514 e. The maximum absolute atomic E-state index is 11.9. The summed E-state index contributed by atoms with van der Waals surface area (Å²) in [6, 6.07) is 9.30. The molecule has 0 aliphatic carbocycles. The number of hydrogen-bond acceptors (Lipinski definition) is 13. The van der Waals surface area contributed by atoms with Crippen molar-refractivity contribution in [2.24, 2.45) is 0 Å². The zero-order chi connectivity index (χ0) is 48.7. The second kappa shape index (κ2) is 20.6. The van der Waals surface area contributed by atoms with E-state index in [-0.39, 0.29) is 28.6 Å². The summed E-state index contributed by atoms with van der Waals surface area (Å²) in [5.74, 6) is 4.83. The van der Waals surface area contributed by atoms with E-state index < -0.39 is 18.3 Å². The zero-order valence-electron chi connectivity index (χ0n) is 39.2. The lowest BCUT2D eigenvalue weighted by Gasteiger charge is -2.32. The maximum atomic E-state index is 11.9. The number of hydrogen-bond donors (Lipinski definition) is 5. The fraction of sp³-hybridized carbons (Fsp3) is 0.364. The summed E-state index contributed by atoms with van der Waals surface area (Å²) in [5.41, 5.74) is 7.77. The second-order valence-electron chi connectivity index (χ2n) is 16.2. The Balaban J connectivity index is 0.000000159. The first-order chi connectivity index (χ1) is 31.1. The molecule has 0 aromatic carbocycles. The van der Waals surface area contributed by atoms with Crippen molar-refractivity contribution < 1.29 is 28.4 Å². The summed E-state index contributed by atoms with van der Waals surface area (Å²) in [5, 5.41) is 12.2. The van der Waals surface area contributed by atoms with Crippen LogP contribution in [-0.4, -0.2) is 96.9 Å². The van der Waals surface area contributed by atoms with Crippen molar-refractivity contribution in [3.05, 3.63) is 144 Å². The standard InChI is InChI=1S/C13H18BN3O3.C8H9N3O.C8H12N2O2.C8H11NO2.C7H7N3O/c1-8-6-9(17-10(8)11(18)15-7-16-17)14-19-12(2,3)13(4,5)20-14;1-5-3-6(2)11-7(5)8(12)9-4-10-11;1-3-12-8(11)7-6(2)4-5-10(7)9;1-3-11-8(10)7-6(2)4-5-9-7;1-5-2-3-10-6(5)7(11)8-4-9-10/h6-7H,1-5H3,(H,15,16,18);3-4H,1-2H3,(H,9,10,12);4-5H,3,9H2,1-2H3;4-5,9H,3H2,1-2H3;2-4H,1H3,(H,8,9,11). The Hall–Kier alpha value is -7.46. The average Bonchev–Trinajstić information content (AvgIpc) is 4.10. The van der Waals surface area contributed by atoms with Gasteiger partial charge in [-0.15, -0.1) is 0 Å². The monoisotopic (exact) mass is 908 g/mol. The Morgan fingerprint density at radius 2 is 1.17 bits per heavy atom. The number of rotatable bonds is 5. The molecule has 66 heavy (non-hydrogen) atoms. The van der Waals surface area contributed by atoms with Crippen molar-refractivity contribution in [2.45, 2.75) is 94.3 Å². The number of nitrogens with zero attached hydrogens (tertiary/aromatic N) is 7. The highest BCUT2D eigenvalue weighted by Gasteiger charge is 2.53. The number of aromatic nitrogens is 11. The van der Waals surface area contributed by atoms with Gasteiger partial charge in [0, 0.05) is 24.3 Å². The first kappa shape index (κ1) is 49.6.